The van der Waals surface area contributed by atoms with Crippen LogP contribution in [0.4, 0.5) is 11.4 Å². The molecule has 2 N–H and O–H groups in total. The Hall–Kier alpha value is -1.34. The fourth-order valence-corrected chi connectivity index (χ4v) is 4.37. The molecule has 6 nitrogen and oxygen atoms in total. The van der Waals surface area contributed by atoms with E-state index in [1.165, 1.54) is 11.3 Å². The average molecular weight is 362 g/mol. The van der Waals surface area contributed by atoms with Gasteiger partial charge in [-0.05, 0) is 37.3 Å². The molecule has 3 aliphatic heterocycles. The van der Waals surface area contributed by atoms with Gasteiger partial charge in [0, 0.05) is 13.1 Å². The molecule has 0 radical (unpaired) electrons. The predicted octanol–water partition coefficient (Wildman–Crippen LogP) is 1.83. The van der Waals surface area contributed by atoms with E-state index in [4.69, 9.17) is 9.47 Å². The van der Waals surface area contributed by atoms with Crippen molar-refractivity contribution in [2.45, 2.75) is 63.6 Å². The summed E-state index contributed by atoms with van der Waals surface area (Å²) in [6, 6.07) is 6.42. The summed E-state index contributed by atoms with van der Waals surface area (Å²) >= 11 is 0. The molecule has 0 bridgehead atoms. The number of aliphatic hydroxyl groups excluding tert-OH is 2. The second-order valence-corrected chi connectivity index (χ2v) is 8.86. The first-order chi connectivity index (χ1) is 12.2. The van der Waals surface area contributed by atoms with Gasteiger partial charge < -0.3 is 29.5 Å². The molecule has 4 rings (SSSR count). The summed E-state index contributed by atoms with van der Waals surface area (Å²) in [6.45, 7) is 10.7. The van der Waals surface area contributed by atoms with Crippen molar-refractivity contribution in [3.05, 3.63) is 23.8 Å². The Morgan fingerprint density at radius 2 is 2.00 bits per heavy atom. The molecule has 3 atom stereocenters. The minimum absolute atomic E-state index is 0.163. The number of benzene rings is 1. The highest BCUT2D eigenvalue weighted by Crippen LogP contribution is 2.48. The quantitative estimate of drug-likeness (QED) is 0.852. The second kappa shape index (κ2) is 6.09. The summed E-state index contributed by atoms with van der Waals surface area (Å²) in [5.41, 5.74) is 3.96. The fraction of sp³-hybridized carbons (Fsp3) is 0.700. The van der Waals surface area contributed by atoms with E-state index in [0.717, 1.165) is 25.3 Å². The Morgan fingerprint density at radius 1 is 1.23 bits per heavy atom. The summed E-state index contributed by atoms with van der Waals surface area (Å²) in [5.74, 6) is -0.707. The molecule has 1 aromatic rings. The third-order valence-electron chi connectivity index (χ3n) is 5.96. The molecular formula is C20H30N2O4. The summed E-state index contributed by atoms with van der Waals surface area (Å²) in [5, 5.41) is 21.2. The van der Waals surface area contributed by atoms with E-state index in [-0.39, 0.29) is 5.41 Å². The lowest BCUT2D eigenvalue weighted by Crippen LogP contribution is -2.47. The molecule has 1 aromatic carbocycles. The van der Waals surface area contributed by atoms with Crippen LogP contribution in [0.25, 0.3) is 0 Å². The first kappa shape index (κ1) is 18.0. The second-order valence-electron chi connectivity index (χ2n) is 8.86. The molecule has 1 fully saturated rings. The van der Waals surface area contributed by atoms with Crippen LogP contribution in [0.15, 0.2) is 18.2 Å². The van der Waals surface area contributed by atoms with Gasteiger partial charge in [-0.3, -0.25) is 0 Å². The van der Waals surface area contributed by atoms with Gasteiger partial charge in [-0.25, -0.2) is 0 Å². The smallest absolute Gasteiger partial charge is 0.163 e. The molecule has 0 amide bonds. The van der Waals surface area contributed by atoms with Crippen LogP contribution >= 0.6 is 0 Å². The summed E-state index contributed by atoms with van der Waals surface area (Å²) in [4.78, 5) is 4.54. The van der Waals surface area contributed by atoms with Crippen LogP contribution in [-0.4, -0.2) is 60.7 Å². The number of hydrogen-bond acceptors (Lipinski definition) is 6. The number of aliphatic hydroxyl groups is 2. The maximum absolute atomic E-state index is 10.6. The third-order valence-corrected chi connectivity index (χ3v) is 5.96. The van der Waals surface area contributed by atoms with Crippen LogP contribution in [0.5, 0.6) is 0 Å². The monoisotopic (exact) mass is 362 g/mol. The van der Waals surface area contributed by atoms with Gasteiger partial charge in [-0.2, -0.15) is 0 Å². The van der Waals surface area contributed by atoms with Gasteiger partial charge in [0.2, 0.25) is 0 Å². The van der Waals surface area contributed by atoms with Crippen molar-refractivity contribution >= 4 is 11.4 Å². The molecule has 0 aromatic heterocycles. The van der Waals surface area contributed by atoms with Gasteiger partial charge in [0.1, 0.15) is 18.3 Å². The highest BCUT2D eigenvalue weighted by atomic mass is 16.7. The third kappa shape index (κ3) is 2.99. The molecule has 1 saturated heterocycles. The van der Waals surface area contributed by atoms with Crippen molar-refractivity contribution in [3.8, 4) is 0 Å². The van der Waals surface area contributed by atoms with Crippen LogP contribution in [-0.2, 0) is 14.9 Å². The molecule has 26 heavy (non-hydrogen) atoms. The zero-order chi connectivity index (χ0) is 18.7. The van der Waals surface area contributed by atoms with Crippen molar-refractivity contribution in [2.75, 3.05) is 36.2 Å². The van der Waals surface area contributed by atoms with E-state index in [2.05, 4.69) is 41.8 Å². The van der Waals surface area contributed by atoms with Crippen LogP contribution in [0.2, 0.25) is 0 Å². The Morgan fingerprint density at radius 3 is 2.69 bits per heavy atom. The van der Waals surface area contributed by atoms with Crippen molar-refractivity contribution in [3.63, 3.8) is 0 Å². The minimum atomic E-state index is -0.973. The van der Waals surface area contributed by atoms with E-state index < -0.39 is 24.1 Å². The normalized spacial score (nSPS) is 28.2. The summed E-state index contributed by atoms with van der Waals surface area (Å²) in [6.07, 6.45) is -1.26. The maximum atomic E-state index is 10.6. The standard InChI is InChI=1S/C20H30N2O4/c1-19(2)8-9-21-12-22(14-7-5-6-13(19)17(14)21)10-15(23)18(24)16-11-25-20(3,4)26-16/h5-7,15-16,18,23-24H,8-12H2,1-4H3/t15-,16-,18+/m1/s1. The van der Waals surface area contributed by atoms with E-state index in [1.54, 1.807) is 0 Å². The van der Waals surface area contributed by atoms with Crippen molar-refractivity contribution in [1.82, 2.24) is 0 Å². The number of β-amino-alcohol motifs (C(OH)–C–C–N with tert-alkyl or cyclic N) is 1. The molecule has 0 unspecified atom stereocenters. The SMILES string of the molecule is CC1(C)OC[C@H]([C@@H](O)[C@H](O)CN2CN3CCC(C)(C)c4cccc2c43)O1. The first-order valence-electron chi connectivity index (χ1n) is 9.49. The van der Waals surface area contributed by atoms with Crippen molar-refractivity contribution in [1.29, 1.82) is 0 Å². The van der Waals surface area contributed by atoms with E-state index in [0.29, 0.717) is 13.2 Å². The minimum Gasteiger partial charge on any atom is -0.388 e. The lowest BCUT2D eigenvalue weighted by atomic mass is 9.78. The number of ether oxygens (including phenoxy) is 2. The molecule has 6 heteroatoms. The first-order valence-corrected chi connectivity index (χ1v) is 9.49. The molecule has 144 valence electrons. The summed E-state index contributed by atoms with van der Waals surface area (Å²) in [7, 11) is 0. The molecule has 0 aliphatic carbocycles. The zero-order valence-corrected chi connectivity index (χ0v) is 16.1. The van der Waals surface area contributed by atoms with Crippen LogP contribution in [0, 0.1) is 0 Å². The maximum Gasteiger partial charge on any atom is 0.163 e. The van der Waals surface area contributed by atoms with Gasteiger partial charge >= 0.3 is 0 Å². The topological polar surface area (TPSA) is 65.4 Å². The lowest BCUT2D eigenvalue weighted by molar-refractivity contribution is -0.159. The largest absolute Gasteiger partial charge is 0.388 e. The highest BCUT2D eigenvalue weighted by molar-refractivity contribution is 5.81. The number of rotatable bonds is 4. The van der Waals surface area contributed by atoms with Gasteiger partial charge in [-0.15, -0.1) is 0 Å². The number of nitrogens with zero attached hydrogens (tertiary/aromatic N) is 2. The number of anilines is 2. The Kier molecular flexibility index (Phi) is 4.23. The molecular weight excluding hydrogens is 332 g/mol. The van der Waals surface area contributed by atoms with E-state index in [9.17, 15) is 10.2 Å². The molecule has 3 heterocycles. The van der Waals surface area contributed by atoms with E-state index in [1.807, 2.05) is 13.8 Å². The van der Waals surface area contributed by atoms with Gasteiger partial charge in [0.25, 0.3) is 0 Å². The van der Waals surface area contributed by atoms with Crippen molar-refractivity contribution < 1.29 is 19.7 Å². The van der Waals surface area contributed by atoms with Gasteiger partial charge in [-0.1, -0.05) is 26.0 Å². The zero-order valence-electron chi connectivity index (χ0n) is 16.1. The van der Waals surface area contributed by atoms with Gasteiger partial charge in [0.05, 0.1) is 24.7 Å². The molecule has 0 spiro atoms. The Balaban J connectivity index is 1.50. The fourth-order valence-electron chi connectivity index (χ4n) is 4.37. The highest BCUT2D eigenvalue weighted by Gasteiger charge is 2.42. The Bertz CT molecular complexity index is 690. The number of hydrogen-bond donors (Lipinski definition) is 2. The van der Waals surface area contributed by atoms with Crippen molar-refractivity contribution in [2.24, 2.45) is 0 Å². The molecule has 3 aliphatic rings. The van der Waals surface area contributed by atoms with Crippen LogP contribution < -0.4 is 9.80 Å². The molecule has 0 saturated carbocycles. The Labute approximate surface area is 155 Å². The average Bonchev–Trinajstić information content (AvgIpc) is 3.12. The number of para-hydroxylation sites is 1. The van der Waals surface area contributed by atoms with E-state index >= 15 is 0 Å². The predicted molar refractivity (Wildman–Crippen MR) is 101 cm³/mol. The van der Waals surface area contributed by atoms with Crippen LogP contribution in [0.1, 0.15) is 39.7 Å². The summed E-state index contributed by atoms with van der Waals surface area (Å²) < 4.78 is 11.2. The van der Waals surface area contributed by atoms with Gasteiger partial charge in [0.15, 0.2) is 5.79 Å². The van der Waals surface area contributed by atoms with Crippen LogP contribution in [0.3, 0.4) is 0 Å². The lowest BCUT2D eigenvalue weighted by Gasteiger charge is -2.37.